The molecule has 0 heterocycles. The van der Waals surface area contributed by atoms with Gasteiger partial charge in [-0.15, -0.1) is 0 Å². The smallest absolute Gasteiger partial charge is 0.264 e. The number of halogens is 2. The van der Waals surface area contributed by atoms with Crippen LogP contribution in [0.3, 0.4) is 0 Å². The highest BCUT2D eigenvalue weighted by molar-refractivity contribution is 5.39. The van der Waals surface area contributed by atoms with E-state index < -0.39 is 6.43 Å². The van der Waals surface area contributed by atoms with Gasteiger partial charge in [0, 0.05) is 17.5 Å². The van der Waals surface area contributed by atoms with Crippen molar-refractivity contribution in [1.82, 2.24) is 0 Å². The van der Waals surface area contributed by atoms with Gasteiger partial charge in [-0.05, 0) is 25.3 Å². The van der Waals surface area contributed by atoms with Crippen LogP contribution in [0.15, 0.2) is 18.2 Å². The summed E-state index contributed by atoms with van der Waals surface area (Å²) in [6.07, 6.45) is 2.84. The Labute approximate surface area is 107 Å². The van der Waals surface area contributed by atoms with E-state index in [0.717, 1.165) is 36.8 Å². The van der Waals surface area contributed by atoms with E-state index in [2.05, 4.69) is 0 Å². The van der Waals surface area contributed by atoms with Gasteiger partial charge < -0.3 is 5.73 Å². The second-order valence-corrected chi connectivity index (χ2v) is 5.44. The van der Waals surface area contributed by atoms with Crippen molar-refractivity contribution >= 4 is 0 Å². The molecule has 0 radical (unpaired) electrons. The summed E-state index contributed by atoms with van der Waals surface area (Å²) >= 11 is 0. The van der Waals surface area contributed by atoms with Gasteiger partial charge in [-0.25, -0.2) is 8.78 Å². The fourth-order valence-corrected chi connectivity index (χ4v) is 3.13. The molecule has 0 unspecified atom stereocenters. The molecule has 1 aromatic carbocycles. The fraction of sp³-hybridized carbons (Fsp3) is 0.600. The summed E-state index contributed by atoms with van der Waals surface area (Å²) in [5, 5.41) is 0. The highest BCUT2D eigenvalue weighted by Crippen LogP contribution is 2.42. The highest BCUT2D eigenvalue weighted by atomic mass is 19.3. The molecule has 1 aliphatic rings. The highest BCUT2D eigenvalue weighted by Gasteiger charge is 2.35. The van der Waals surface area contributed by atoms with Crippen molar-refractivity contribution in [2.75, 3.05) is 6.54 Å². The molecule has 1 aromatic rings. The molecule has 0 saturated heterocycles. The Bertz CT molecular complexity index is 409. The van der Waals surface area contributed by atoms with E-state index in [0.29, 0.717) is 6.54 Å². The second-order valence-electron chi connectivity index (χ2n) is 5.44. The van der Waals surface area contributed by atoms with E-state index in [-0.39, 0.29) is 11.0 Å². The quantitative estimate of drug-likeness (QED) is 0.862. The van der Waals surface area contributed by atoms with Crippen LogP contribution in [0.5, 0.6) is 0 Å². The molecule has 2 N–H and O–H groups in total. The SMILES string of the molecule is Cc1ccc(C(F)F)c(C2(CN)CCCCC2)c1. The molecule has 1 saturated carbocycles. The Kier molecular flexibility index (Phi) is 4.00. The molecule has 0 amide bonds. The maximum absolute atomic E-state index is 13.2. The minimum atomic E-state index is -2.41. The number of aryl methyl sites for hydroxylation is 1. The third-order valence-electron chi connectivity index (χ3n) is 4.22. The van der Waals surface area contributed by atoms with E-state index >= 15 is 0 Å². The van der Waals surface area contributed by atoms with Crippen molar-refractivity contribution in [3.05, 3.63) is 34.9 Å². The molecule has 1 aliphatic carbocycles. The molecule has 0 aliphatic heterocycles. The summed E-state index contributed by atoms with van der Waals surface area (Å²) in [5.41, 5.74) is 7.72. The Morgan fingerprint density at radius 2 is 1.89 bits per heavy atom. The number of hydrogen-bond donors (Lipinski definition) is 1. The number of nitrogens with two attached hydrogens (primary N) is 1. The fourth-order valence-electron chi connectivity index (χ4n) is 3.13. The first kappa shape index (κ1) is 13.5. The summed E-state index contributed by atoms with van der Waals surface area (Å²) in [5.74, 6) is 0. The van der Waals surface area contributed by atoms with Crippen molar-refractivity contribution in [2.24, 2.45) is 5.73 Å². The van der Waals surface area contributed by atoms with Gasteiger partial charge in [-0.1, -0.05) is 43.0 Å². The van der Waals surface area contributed by atoms with Crippen LogP contribution in [0.1, 0.15) is 55.2 Å². The lowest BCUT2D eigenvalue weighted by atomic mass is 9.68. The lowest BCUT2D eigenvalue weighted by Crippen LogP contribution is -2.38. The number of rotatable bonds is 3. The average Bonchev–Trinajstić information content (AvgIpc) is 2.39. The van der Waals surface area contributed by atoms with E-state index in [1.54, 1.807) is 12.1 Å². The summed E-state index contributed by atoms with van der Waals surface area (Å²) in [4.78, 5) is 0. The van der Waals surface area contributed by atoms with E-state index in [1.165, 1.54) is 6.42 Å². The monoisotopic (exact) mass is 253 g/mol. The summed E-state index contributed by atoms with van der Waals surface area (Å²) in [6, 6.07) is 5.25. The van der Waals surface area contributed by atoms with Crippen LogP contribution in [0, 0.1) is 6.92 Å². The molecule has 1 fully saturated rings. The van der Waals surface area contributed by atoms with Gasteiger partial charge in [0.05, 0.1) is 0 Å². The zero-order valence-corrected chi connectivity index (χ0v) is 10.9. The average molecular weight is 253 g/mol. The van der Waals surface area contributed by atoms with Crippen molar-refractivity contribution in [3.8, 4) is 0 Å². The molecule has 100 valence electrons. The second kappa shape index (κ2) is 5.35. The topological polar surface area (TPSA) is 26.0 Å². The van der Waals surface area contributed by atoms with Gasteiger partial charge in [0.15, 0.2) is 0 Å². The molecular formula is C15H21F2N. The van der Waals surface area contributed by atoms with Gasteiger partial charge >= 0.3 is 0 Å². The number of hydrogen-bond acceptors (Lipinski definition) is 1. The number of benzene rings is 1. The van der Waals surface area contributed by atoms with Crippen LogP contribution >= 0.6 is 0 Å². The van der Waals surface area contributed by atoms with Gasteiger partial charge in [-0.3, -0.25) is 0 Å². The predicted octanol–water partition coefficient (Wildman–Crippen LogP) is 4.09. The zero-order valence-electron chi connectivity index (χ0n) is 10.9. The first-order chi connectivity index (χ1) is 8.59. The van der Waals surface area contributed by atoms with Gasteiger partial charge in [0.2, 0.25) is 0 Å². The van der Waals surface area contributed by atoms with Gasteiger partial charge in [0.25, 0.3) is 6.43 Å². The molecule has 3 heteroatoms. The molecule has 1 nitrogen and oxygen atoms in total. The van der Waals surface area contributed by atoms with Crippen molar-refractivity contribution in [2.45, 2.75) is 50.9 Å². The molecule has 2 rings (SSSR count). The normalized spacial score (nSPS) is 19.2. The molecule has 18 heavy (non-hydrogen) atoms. The molecular weight excluding hydrogens is 232 g/mol. The van der Waals surface area contributed by atoms with E-state index in [1.807, 2.05) is 13.0 Å². The van der Waals surface area contributed by atoms with Crippen LogP contribution in [-0.4, -0.2) is 6.54 Å². The minimum Gasteiger partial charge on any atom is -0.330 e. The van der Waals surface area contributed by atoms with E-state index in [4.69, 9.17) is 5.73 Å². The summed E-state index contributed by atoms with van der Waals surface area (Å²) in [7, 11) is 0. The van der Waals surface area contributed by atoms with Gasteiger partial charge in [-0.2, -0.15) is 0 Å². The molecule has 0 bridgehead atoms. The molecule has 0 atom stereocenters. The molecule has 0 spiro atoms. The van der Waals surface area contributed by atoms with Crippen molar-refractivity contribution in [1.29, 1.82) is 0 Å². The summed E-state index contributed by atoms with van der Waals surface area (Å²) < 4.78 is 26.4. The number of alkyl halides is 2. The standard InChI is InChI=1S/C15H21F2N/c1-11-5-6-12(14(16)17)13(9-11)15(10-18)7-3-2-4-8-15/h5-6,9,14H,2-4,7-8,10,18H2,1H3. The first-order valence-corrected chi connectivity index (χ1v) is 6.68. The maximum Gasteiger partial charge on any atom is 0.264 e. The van der Waals surface area contributed by atoms with Gasteiger partial charge in [0.1, 0.15) is 0 Å². The Balaban J connectivity index is 2.49. The summed E-state index contributed by atoms with van der Waals surface area (Å²) in [6.45, 7) is 2.42. The van der Waals surface area contributed by atoms with Crippen LogP contribution in [0.2, 0.25) is 0 Å². The molecule has 0 aromatic heterocycles. The van der Waals surface area contributed by atoms with Crippen molar-refractivity contribution < 1.29 is 8.78 Å². The maximum atomic E-state index is 13.2. The third-order valence-corrected chi connectivity index (χ3v) is 4.22. The minimum absolute atomic E-state index is 0.174. The third kappa shape index (κ3) is 2.41. The van der Waals surface area contributed by atoms with Crippen LogP contribution < -0.4 is 5.73 Å². The first-order valence-electron chi connectivity index (χ1n) is 6.68. The largest absolute Gasteiger partial charge is 0.330 e. The Hall–Kier alpha value is -0.960. The Morgan fingerprint density at radius 3 is 2.44 bits per heavy atom. The van der Waals surface area contributed by atoms with Crippen molar-refractivity contribution in [3.63, 3.8) is 0 Å². The van der Waals surface area contributed by atoms with Crippen LogP contribution in [0.4, 0.5) is 8.78 Å². The lowest BCUT2D eigenvalue weighted by molar-refractivity contribution is 0.146. The lowest BCUT2D eigenvalue weighted by Gasteiger charge is -2.38. The van der Waals surface area contributed by atoms with E-state index in [9.17, 15) is 8.78 Å². The van der Waals surface area contributed by atoms with Crippen LogP contribution in [-0.2, 0) is 5.41 Å². The zero-order chi connectivity index (χ0) is 13.2. The predicted molar refractivity (Wildman–Crippen MR) is 70.0 cm³/mol. The van der Waals surface area contributed by atoms with Crippen LogP contribution in [0.25, 0.3) is 0 Å². The Morgan fingerprint density at radius 1 is 1.22 bits per heavy atom.